The number of anilines is 1. The molecule has 2 rings (SSSR count). The fourth-order valence-corrected chi connectivity index (χ4v) is 2.44. The van der Waals surface area contributed by atoms with E-state index in [1.807, 2.05) is 44.4 Å². The van der Waals surface area contributed by atoms with E-state index >= 15 is 0 Å². The average molecular weight is 317 g/mol. The van der Waals surface area contributed by atoms with E-state index < -0.39 is 0 Å². The van der Waals surface area contributed by atoms with Crippen LogP contribution in [-0.2, 0) is 6.42 Å². The Labute approximate surface area is 130 Å². The number of benzene rings is 2. The third kappa shape index (κ3) is 4.04. The summed E-state index contributed by atoms with van der Waals surface area (Å²) in [5, 5.41) is 1.55. The first kappa shape index (κ1) is 16.2. The van der Waals surface area contributed by atoms with E-state index in [9.17, 15) is 0 Å². The maximum Gasteiger partial charge on any atom is 0.0462 e. The molecule has 0 radical (unpaired) electrons. The molecule has 0 fully saturated rings. The Morgan fingerprint density at radius 1 is 1.00 bits per heavy atom. The molecule has 19 heavy (non-hydrogen) atoms. The summed E-state index contributed by atoms with van der Waals surface area (Å²) in [5.74, 6) is 0. The van der Waals surface area contributed by atoms with Crippen LogP contribution >= 0.6 is 35.6 Å². The van der Waals surface area contributed by atoms with Gasteiger partial charge in [-0.15, -0.1) is 12.4 Å². The smallest absolute Gasteiger partial charge is 0.0462 e. The van der Waals surface area contributed by atoms with Crippen molar-refractivity contribution in [3.05, 3.63) is 63.6 Å². The minimum absolute atomic E-state index is 0. The SMILES string of the molecule is CN(C)c1cccc(Cl)c1Cc1cccc(Cl)c1.Cl. The van der Waals surface area contributed by atoms with Crippen LogP contribution in [0, 0.1) is 0 Å². The lowest BCUT2D eigenvalue weighted by atomic mass is 10.0. The highest BCUT2D eigenvalue weighted by Crippen LogP contribution is 2.29. The molecule has 0 saturated carbocycles. The average Bonchev–Trinajstić information content (AvgIpc) is 2.31. The molecule has 0 unspecified atom stereocenters. The van der Waals surface area contributed by atoms with Crippen molar-refractivity contribution in [1.29, 1.82) is 0 Å². The fourth-order valence-electron chi connectivity index (χ4n) is 1.99. The molecule has 0 amide bonds. The van der Waals surface area contributed by atoms with Crippen molar-refractivity contribution < 1.29 is 0 Å². The van der Waals surface area contributed by atoms with Gasteiger partial charge in [-0.1, -0.05) is 41.4 Å². The molecule has 0 atom stereocenters. The molecule has 0 N–H and O–H groups in total. The van der Waals surface area contributed by atoms with Gasteiger partial charge < -0.3 is 4.90 Å². The first-order valence-corrected chi connectivity index (χ1v) is 6.52. The van der Waals surface area contributed by atoms with Gasteiger partial charge in [0.25, 0.3) is 0 Å². The third-order valence-corrected chi connectivity index (χ3v) is 3.44. The van der Waals surface area contributed by atoms with E-state index in [0.29, 0.717) is 0 Å². The Hall–Kier alpha value is -0.890. The molecule has 2 aromatic carbocycles. The lowest BCUT2D eigenvalue weighted by molar-refractivity contribution is 1.08. The van der Waals surface area contributed by atoms with Crippen LogP contribution in [-0.4, -0.2) is 14.1 Å². The molecule has 0 spiro atoms. The van der Waals surface area contributed by atoms with Crippen LogP contribution in [0.2, 0.25) is 10.0 Å². The molecule has 1 nitrogen and oxygen atoms in total. The summed E-state index contributed by atoms with van der Waals surface area (Å²) >= 11 is 12.3. The molecule has 102 valence electrons. The van der Waals surface area contributed by atoms with Gasteiger partial charge in [0.1, 0.15) is 0 Å². The van der Waals surface area contributed by atoms with E-state index in [-0.39, 0.29) is 12.4 Å². The van der Waals surface area contributed by atoms with E-state index in [1.165, 1.54) is 5.56 Å². The Bertz CT molecular complexity index is 553. The molecule has 0 aliphatic heterocycles. The van der Waals surface area contributed by atoms with Gasteiger partial charge in [-0.05, 0) is 35.4 Å². The highest BCUT2D eigenvalue weighted by Gasteiger charge is 2.09. The van der Waals surface area contributed by atoms with E-state index in [4.69, 9.17) is 23.2 Å². The van der Waals surface area contributed by atoms with Crippen LogP contribution in [0.4, 0.5) is 5.69 Å². The standard InChI is InChI=1S/C15H15Cl2N.ClH/c1-18(2)15-8-4-7-14(17)13(15)10-11-5-3-6-12(16)9-11;/h3-9H,10H2,1-2H3;1H. The van der Waals surface area contributed by atoms with Gasteiger partial charge in [0.15, 0.2) is 0 Å². The maximum atomic E-state index is 6.30. The first-order valence-electron chi connectivity index (χ1n) is 5.77. The number of hydrogen-bond donors (Lipinski definition) is 0. The van der Waals surface area contributed by atoms with Gasteiger partial charge in [0.05, 0.1) is 0 Å². The summed E-state index contributed by atoms with van der Waals surface area (Å²) in [4.78, 5) is 2.08. The summed E-state index contributed by atoms with van der Waals surface area (Å²) in [7, 11) is 4.04. The van der Waals surface area contributed by atoms with Crippen LogP contribution in [0.5, 0.6) is 0 Å². The van der Waals surface area contributed by atoms with Crippen molar-refractivity contribution in [3.8, 4) is 0 Å². The first-order chi connectivity index (χ1) is 8.58. The second-order valence-corrected chi connectivity index (χ2v) is 5.28. The van der Waals surface area contributed by atoms with Crippen molar-refractivity contribution >= 4 is 41.3 Å². The Balaban J connectivity index is 0.00000180. The molecule has 0 aromatic heterocycles. The molecule has 2 aromatic rings. The fraction of sp³-hybridized carbons (Fsp3) is 0.200. The number of nitrogens with zero attached hydrogens (tertiary/aromatic N) is 1. The number of hydrogen-bond acceptors (Lipinski definition) is 1. The summed E-state index contributed by atoms with van der Waals surface area (Å²) in [6.45, 7) is 0. The predicted octanol–water partition coefficient (Wildman–Crippen LogP) is 5.07. The van der Waals surface area contributed by atoms with Crippen molar-refractivity contribution in [2.75, 3.05) is 19.0 Å². The van der Waals surface area contributed by atoms with E-state index in [1.54, 1.807) is 0 Å². The molecule has 4 heteroatoms. The molecule has 0 heterocycles. The highest BCUT2D eigenvalue weighted by molar-refractivity contribution is 6.32. The molecule has 0 saturated heterocycles. The summed E-state index contributed by atoms with van der Waals surface area (Å²) in [6.07, 6.45) is 0.785. The quantitative estimate of drug-likeness (QED) is 0.764. The lowest BCUT2D eigenvalue weighted by Gasteiger charge is -2.18. The van der Waals surface area contributed by atoms with Gasteiger partial charge in [-0.2, -0.15) is 0 Å². The van der Waals surface area contributed by atoms with E-state index in [2.05, 4.69) is 17.0 Å². The summed E-state index contributed by atoms with van der Waals surface area (Å²) in [5.41, 5.74) is 3.44. The zero-order chi connectivity index (χ0) is 13.1. The van der Waals surface area contributed by atoms with Crippen LogP contribution in [0.15, 0.2) is 42.5 Å². The maximum absolute atomic E-state index is 6.30. The number of halogens is 3. The normalized spacial score (nSPS) is 9.89. The monoisotopic (exact) mass is 315 g/mol. The van der Waals surface area contributed by atoms with Gasteiger partial charge in [-0.3, -0.25) is 0 Å². The van der Waals surface area contributed by atoms with Gasteiger partial charge in [0.2, 0.25) is 0 Å². The molecular weight excluding hydrogens is 301 g/mol. The Morgan fingerprint density at radius 2 is 1.68 bits per heavy atom. The minimum Gasteiger partial charge on any atom is -0.377 e. The van der Waals surface area contributed by atoms with Crippen LogP contribution in [0.25, 0.3) is 0 Å². The molecule has 0 aliphatic carbocycles. The zero-order valence-corrected chi connectivity index (χ0v) is 13.2. The summed E-state index contributed by atoms with van der Waals surface area (Å²) < 4.78 is 0. The van der Waals surface area contributed by atoms with Crippen molar-refractivity contribution in [3.63, 3.8) is 0 Å². The van der Waals surface area contributed by atoms with Crippen molar-refractivity contribution in [1.82, 2.24) is 0 Å². The van der Waals surface area contributed by atoms with Crippen LogP contribution < -0.4 is 4.90 Å². The topological polar surface area (TPSA) is 3.24 Å². The predicted molar refractivity (Wildman–Crippen MR) is 87.3 cm³/mol. The van der Waals surface area contributed by atoms with Crippen molar-refractivity contribution in [2.24, 2.45) is 0 Å². The lowest BCUT2D eigenvalue weighted by Crippen LogP contribution is -2.11. The third-order valence-electron chi connectivity index (χ3n) is 2.85. The number of rotatable bonds is 3. The Morgan fingerprint density at radius 3 is 2.32 bits per heavy atom. The van der Waals surface area contributed by atoms with Crippen LogP contribution in [0.3, 0.4) is 0 Å². The Kier molecular flexibility index (Phi) is 5.99. The summed E-state index contributed by atoms with van der Waals surface area (Å²) in [6, 6.07) is 13.9. The van der Waals surface area contributed by atoms with E-state index in [0.717, 1.165) is 27.7 Å². The molecule has 0 bridgehead atoms. The van der Waals surface area contributed by atoms with Crippen molar-refractivity contribution in [2.45, 2.75) is 6.42 Å². The second kappa shape index (κ2) is 7.04. The minimum atomic E-state index is 0. The molecular formula is C15H16Cl3N. The van der Waals surface area contributed by atoms with Gasteiger partial charge in [-0.25, -0.2) is 0 Å². The molecule has 0 aliphatic rings. The van der Waals surface area contributed by atoms with Gasteiger partial charge >= 0.3 is 0 Å². The van der Waals surface area contributed by atoms with Crippen LogP contribution in [0.1, 0.15) is 11.1 Å². The largest absolute Gasteiger partial charge is 0.377 e. The second-order valence-electron chi connectivity index (χ2n) is 4.44. The highest BCUT2D eigenvalue weighted by atomic mass is 35.5. The van der Waals surface area contributed by atoms with Gasteiger partial charge in [0, 0.05) is 36.2 Å². The zero-order valence-electron chi connectivity index (χ0n) is 10.9.